The van der Waals surface area contributed by atoms with E-state index in [1.165, 1.54) is 34.6 Å². The highest BCUT2D eigenvalue weighted by Gasteiger charge is 2.16. The smallest absolute Gasteiger partial charge is 0.282 e. The van der Waals surface area contributed by atoms with Crippen LogP contribution in [0.1, 0.15) is 31.5 Å². The quantitative estimate of drug-likeness (QED) is 0.948. The molecule has 0 atom stereocenters. The lowest BCUT2D eigenvalue weighted by molar-refractivity contribution is 0.0950. The molecule has 0 spiro atoms. The van der Waals surface area contributed by atoms with Crippen LogP contribution in [0.2, 0.25) is 4.47 Å². The molecular weight excluding hydrogens is 290 g/mol. The Kier molecular flexibility index (Phi) is 3.32. The van der Waals surface area contributed by atoms with Gasteiger partial charge in [-0.2, -0.15) is 0 Å². The van der Waals surface area contributed by atoms with Gasteiger partial charge in [0.1, 0.15) is 0 Å². The molecule has 2 aromatic heterocycles. The molecule has 2 aromatic rings. The first-order chi connectivity index (χ1) is 8.72. The number of aromatic nitrogens is 2. The maximum atomic E-state index is 11.7. The highest BCUT2D eigenvalue weighted by molar-refractivity contribution is 7.17. The standard InChI is InChI=1S/C11H10ClN3OS2/c12-11-15-14-10(18-11)9(16)13-5-7-4-6-2-1-3-8(6)17-7/h4H,1-3,5H2,(H,13,16). The van der Waals surface area contributed by atoms with Gasteiger partial charge < -0.3 is 5.32 Å². The van der Waals surface area contributed by atoms with Gasteiger partial charge in [0, 0.05) is 9.75 Å². The molecule has 1 aliphatic rings. The van der Waals surface area contributed by atoms with Gasteiger partial charge in [0.25, 0.3) is 5.91 Å². The van der Waals surface area contributed by atoms with E-state index in [2.05, 4.69) is 21.6 Å². The zero-order valence-corrected chi connectivity index (χ0v) is 11.8. The first kappa shape index (κ1) is 12.1. The van der Waals surface area contributed by atoms with E-state index in [4.69, 9.17) is 11.6 Å². The number of rotatable bonds is 3. The lowest BCUT2D eigenvalue weighted by Crippen LogP contribution is -2.22. The molecule has 2 heterocycles. The molecule has 18 heavy (non-hydrogen) atoms. The van der Waals surface area contributed by atoms with Crippen LogP contribution in [0.15, 0.2) is 6.07 Å². The average molecular weight is 300 g/mol. The van der Waals surface area contributed by atoms with Crippen LogP contribution in [0, 0.1) is 0 Å². The third kappa shape index (κ3) is 2.41. The zero-order chi connectivity index (χ0) is 12.5. The fourth-order valence-electron chi connectivity index (χ4n) is 2.02. The first-order valence-corrected chi connectivity index (χ1v) is 7.61. The maximum Gasteiger partial charge on any atom is 0.282 e. The van der Waals surface area contributed by atoms with Gasteiger partial charge in [0.2, 0.25) is 9.47 Å². The van der Waals surface area contributed by atoms with Crippen molar-refractivity contribution in [3.63, 3.8) is 0 Å². The molecule has 0 aromatic carbocycles. The largest absolute Gasteiger partial charge is 0.345 e. The molecule has 0 radical (unpaired) electrons. The van der Waals surface area contributed by atoms with Crippen molar-refractivity contribution in [3.8, 4) is 0 Å². The van der Waals surface area contributed by atoms with E-state index >= 15 is 0 Å². The molecule has 0 unspecified atom stereocenters. The molecule has 7 heteroatoms. The molecule has 1 amide bonds. The maximum absolute atomic E-state index is 11.7. The summed E-state index contributed by atoms with van der Waals surface area (Å²) in [6.45, 7) is 0.549. The number of amides is 1. The van der Waals surface area contributed by atoms with Gasteiger partial charge in [0.05, 0.1) is 6.54 Å². The predicted octanol–water partition coefficient (Wildman–Crippen LogP) is 2.67. The van der Waals surface area contributed by atoms with E-state index in [0.717, 1.165) is 11.3 Å². The average Bonchev–Trinajstić information content (AvgIpc) is 3.00. The number of fused-ring (bicyclic) bond motifs is 1. The second-order valence-corrected chi connectivity index (χ2v) is 6.84. The number of nitrogens with zero attached hydrogens (tertiary/aromatic N) is 2. The fraction of sp³-hybridized carbons (Fsp3) is 0.364. The molecule has 94 valence electrons. The van der Waals surface area contributed by atoms with Crippen LogP contribution >= 0.6 is 34.3 Å². The lowest BCUT2D eigenvalue weighted by atomic mass is 10.2. The van der Waals surface area contributed by atoms with Gasteiger partial charge in [-0.25, -0.2) is 0 Å². The minimum atomic E-state index is -0.215. The van der Waals surface area contributed by atoms with Crippen molar-refractivity contribution < 1.29 is 4.79 Å². The van der Waals surface area contributed by atoms with Gasteiger partial charge >= 0.3 is 0 Å². The summed E-state index contributed by atoms with van der Waals surface area (Å²) in [5.74, 6) is -0.215. The summed E-state index contributed by atoms with van der Waals surface area (Å²) in [5, 5.41) is 10.5. The van der Waals surface area contributed by atoms with Crippen molar-refractivity contribution in [2.24, 2.45) is 0 Å². The van der Waals surface area contributed by atoms with Crippen LogP contribution in [0.25, 0.3) is 0 Å². The van der Waals surface area contributed by atoms with Crippen molar-refractivity contribution in [1.29, 1.82) is 0 Å². The van der Waals surface area contributed by atoms with Crippen LogP contribution < -0.4 is 5.32 Å². The summed E-state index contributed by atoms with van der Waals surface area (Å²) in [6, 6.07) is 2.19. The van der Waals surface area contributed by atoms with E-state index < -0.39 is 0 Å². The van der Waals surface area contributed by atoms with E-state index in [1.807, 2.05) is 0 Å². The SMILES string of the molecule is O=C(NCc1cc2c(s1)CCC2)c1nnc(Cl)s1. The Hall–Kier alpha value is -0.980. The zero-order valence-electron chi connectivity index (χ0n) is 9.40. The number of nitrogens with one attached hydrogen (secondary N) is 1. The molecule has 1 N–H and O–H groups in total. The number of hydrogen-bond acceptors (Lipinski definition) is 5. The molecule has 0 bridgehead atoms. The monoisotopic (exact) mass is 299 g/mol. The summed E-state index contributed by atoms with van der Waals surface area (Å²) < 4.78 is 0.287. The van der Waals surface area contributed by atoms with Gasteiger partial charge in [0.15, 0.2) is 0 Å². The molecule has 0 saturated heterocycles. The second-order valence-electron chi connectivity index (χ2n) is 4.06. The van der Waals surface area contributed by atoms with Crippen molar-refractivity contribution in [1.82, 2.24) is 15.5 Å². The Bertz CT molecular complexity index is 571. The summed E-state index contributed by atoms with van der Waals surface area (Å²) >= 11 is 8.52. The van der Waals surface area contributed by atoms with Crippen molar-refractivity contribution >= 4 is 40.2 Å². The number of aryl methyl sites for hydroxylation is 2. The highest BCUT2D eigenvalue weighted by atomic mass is 35.5. The van der Waals surface area contributed by atoms with Crippen molar-refractivity contribution in [3.05, 3.63) is 30.9 Å². The number of carbonyl (C=O) groups excluding carboxylic acids is 1. The Labute approximate surface area is 117 Å². The van der Waals surface area contributed by atoms with Gasteiger partial charge in [-0.05, 0) is 42.5 Å². The normalized spacial score (nSPS) is 13.6. The minimum absolute atomic E-state index is 0.215. The molecule has 3 rings (SSSR count). The van der Waals surface area contributed by atoms with E-state index in [-0.39, 0.29) is 10.4 Å². The Morgan fingerprint density at radius 1 is 1.39 bits per heavy atom. The number of carbonyl (C=O) groups is 1. The molecular formula is C11H10ClN3OS2. The molecule has 0 fully saturated rings. The Morgan fingerprint density at radius 3 is 3.00 bits per heavy atom. The van der Waals surface area contributed by atoms with Crippen LogP contribution in [-0.2, 0) is 19.4 Å². The summed E-state index contributed by atoms with van der Waals surface area (Å²) in [5.41, 5.74) is 1.45. The second kappa shape index (κ2) is 4.95. The Morgan fingerprint density at radius 2 is 2.28 bits per heavy atom. The van der Waals surface area contributed by atoms with Gasteiger partial charge in [-0.15, -0.1) is 21.5 Å². The fourth-order valence-corrected chi connectivity index (χ4v) is 3.96. The van der Waals surface area contributed by atoms with Crippen LogP contribution in [0.3, 0.4) is 0 Å². The first-order valence-electron chi connectivity index (χ1n) is 5.60. The van der Waals surface area contributed by atoms with E-state index in [1.54, 1.807) is 11.3 Å². The van der Waals surface area contributed by atoms with E-state index in [0.29, 0.717) is 11.6 Å². The number of halogens is 1. The van der Waals surface area contributed by atoms with Crippen molar-refractivity contribution in [2.75, 3.05) is 0 Å². The minimum Gasteiger partial charge on any atom is -0.345 e. The van der Waals surface area contributed by atoms with Gasteiger partial charge in [-0.3, -0.25) is 4.79 Å². The summed E-state index contributed by atoms with van der Waals surface area (Å²) in [6.07, 6.45) is 3.61. The number of hydrogen-bond donors (Lipinski definition) is 1. The summed E-state index contributed by atoms with van der Waals surface area (Å²) in [7, 11) is 0. The Balaban J connectivity index is 1.62. The molecule has 0 aliphatic heterocycles. The number of thiophene rings is 1. The molecule has 0 saturated carbocycles. The third-order valence-corrected chi connectivity index (χ3v) is 5.07. The van der Waals surface area contributed by atoms with Crippen LogP contribution in [0.5, 0.6) is 0 Å². The van der Waals surface area contributed by atoms with Crippen LogP contribution in [-0.4, -0.2) is 16.1 Å². The highest BCUT2D eigenvalue weighted by Crippen LogP contribution is 2.30. The van der Waals surface area contributed by atoms with Gasteiger partial charge in [-0.1, -0.05) is 11.3 Å². The predicted molar refractivity (Wildman–Crippen MR) is 72.4 cm³/mol. The lowest BCUT2D eigenvalue weighted by Gasteiger charge is -1.99. The topological polar surface area (TPSA) is 54.9 Å². The van der Waals surface area contributed by atoms with Crippen LogP contribution in [0.4, 0.5) is 0 Å². The third-order valence-electron chi connectivity index (χ3n) is 2.82. The van der Waals surface area contributed by atoms with Crippen molar-refractivity contribution in [2.45, 2.75) is 25.8 Å². The molecule has 1 aliphatic carbocycles. The molecule has 4 nitrogen and oxygen atoms in total. The van der Waals surface area contributed by atoms with E-state index in [9.17, 15) is 4.79 Å². The summed E-state index contributed by atoms with van der Waals surface area (Å²) in [4.78, 5) is 14.4.